The molecule has 0 aliphatic carbocycles. The van der Waals surface area contributed by atoms with E-state index in [1.807, 2.05) is 30.3 Å². The number of rotatable bonds is 32. The molecule has 270 valence electrons. The Hall–Kier alpha value is -2.47. The lowest BCUT2D eigenvalue weighted by Gasteiger charge is -2.13. The van der Waals surface area contributed by atoms with Gasteiger partial charge in [-0.15, -0.1) is 0 Å². The van der Waals surface area contributed by atoms with Gasteiger partial charge in [-0.05, 0) is 43.2 Å². The summed E-state index contributed by atoms with van der Waals surface area (Å²) in [7, 11) is 0. The molecule has 0 radical (unpaired) electrons. The highest BCUT2D eigenvalue weighted by Gasteiger charge is 2.07. The van der Waals surface area contributed by atoms with E-state index in [4.69, 9.17) is 9.47 Å². The molecule has 48 heavy (non-hydrogen) atoms. The summed E-state index contributed by atoms with van der Waals surface area (Å²) in [5, 5.41) is 0. The van der Waals surface area contributed by atoms with Crippen molar-refractivity contribution in [1.29, 1.82) is 0 Å². The molecule has 0 saturated carbocycles. The first kappa shape index (κ1) is 41.7. The molecule has 3 nitrogen and oxygen atoms in total. The van der Waals surface area contributed by atoms with Gasteiger partial charge in [0.2, 0.25) is 0 Å². The fraction of sp³-hybridized carbons (Fsp3) is 0.711. The summed E-state index contributed by atoms with van der Waals surface area (Å²) in [6.07, 6.45) is 41.8. The Kier molecular flexibility index (Phi) is 27.6. The maximum atomic E-state index is 6.31. The van der Waals surface area contributed by atoms with Crippen LogP contribution in [0, 0.1) is 11.8 Å². The summed E-state index contributed by atoms with van der Waals surface area (Å²) < 4.78 is 12.6. The Morgan fingerprint density at radius 3 is 1.25 bits per heavy atom. The van der Waals surface area contributed by atoms with Crippen LogP contribution in [0.4, 0.5) is 0 Å². The first-order valence-corrected chi connectivity index (χ1v) is 20.6. The SMILES string of the molecule is CCCCCCCCCCCCCCCCOc1ccc(C#Cc2cccnc2)cc1OCCCCCCCCCCCCCCCC. The van der Waals surface area contributed by atoms with Crippen LogP contribution in [0.3, 0.4) is 0 Å². The molecule has 0 N–H and O–H groups in total. The van der Waals surface area contributed by atoms with Gasteiger partial charge < -0.3 is 9.47 Å². The van der Waals surface area contributed by atoms with Gasteiger partial charge in [0.1, 0.15) is 0 Å². The van der Waals surface area contributed by atoms with Crippen molar-refractivity contribution in [1.82, 2.24) is 4.98 Å². The lowest BCUT2D eigenvalue weighted by Crippen LogP contribution is -2.03. The normalized spacial score (nSPS) is 11.0. The average Bonchev–Trinajstić information content (AvgIpc) is 3.11. The van der Waals surface area contributed by atoms with Gasteiger partial charge >= 0.3 is 0 Å². The first-order chi connectivity index (χ1) is 23.8. The summed E-state index contributed by atoms with van der Waals surface area (Å²) in [5.74, 6) is 8.18. The second kappa shape index (κ2) is 31.8. The van der Waals surface area contributed by atoms with Crippen LogP contribution in [-0.4, -0.2) is 18.2 Å². The second-order valence-corrected chi connectivity index (χ2v) is 14.0. The molecule has 1 heterocycles. The number of nitrogens with zero attached hydrogens (tertiary/aromatic N) is 1. The maximum Gasteiger partial charge on any atom is 0.162 e. The van der Waals surface area contributed by atoms with E-state index in [1.165, 1.54) is 167 Å². The van der Waals surface area contributed by atoms with E-state index >= 15 is 0 Å². The van der Waals surface area contributed by atoms with Crippen molar-refractivity contribution in [3.63, 3.8) is 0 Å². The van der Waals surface area contributed by atoms with E-state index in [-0.39, 0.29) is 0 Å². The summed E-state index contributed by atoms with van der Waals surface area (Å²) in [6.45, 7) is 6.06. The van der Waals surface area contributed by atoms with Gasteiger partial charge in [-0.2, -0.15) is 0 Å². The van der Waals surface area contributed by atoms with Gasteiger partial charge in [0.25, 0.3) is 0 Å². The van der Waals surface area contributed by atoms with E-state index in [9.17, 15) is 0 Å². The average molecular weight is 660 g/mol. The molecule has 0 spiro atoms. The van der Waals surface area contributed by atoms with Crippen molar-refractivity contribution in [2.24, 2.45) is 0 Å². The predicted octanol–water partition coefficient (Wildman–Crippen LogP) is 14.2. The first-order valence-electron chi connectivity index (χ1n) is 20.6. The lowest BCUT2D eigenvalue weighted by atomic mass is 10.0. The standard InChI is InChI=1S/C45H73NO2/c1-3-5-7-9-11-13-15-17-19-21-23-25-27-29-38-47-44-36-35-42(33-34-43-32-31-37-46-41-43)40-45(44)48-39-30-28-26-24-22-20-18-16-14-12-10-8-6-4-2/h31-32,35-37,40-41H,3-30,38-39H2,1-2H3. The third kappa shape index (κ3) is 23.8. The zero-order valence-electron chi connectivity index (χ0n) is 31.5. The van der Waals surface area contributed by atoms with Crippen molar-refractivity contribution in [3.8, 4) is 23.3 Å². The molecule has 3 heteroatoms. The number of hydrogen-bond acceptors (Lipinski definition) is 3. The number of unbranched alkanes of at least 4 members (excludes halogenated alkanes) is 26. The summed E-state index contributed by atoms with van der Waals surface area (Å²) in [6, 6.07) is 10.0. The second-order valence-electron chi connectivity index (χ2n) is 14.0. The zero-order chi connectivity index (χ0) is 34.0. The Balaban J connectivity index is 1.62. The molecule has 0 unspecified atom stereocenters. The molecule has 0 aliphatic rings. The van der Waals surface area contributed by atoms with Crippen molar-refractivity contribution < 1.29 is 9.47 Å². The quantitative estimate of drug-likeness (QED) is 0.0578. The molecule has 0 bridgehead atoms. The van der Waals surface area contributed by atoms with E-state index in [0.29, 0.717) is 0 Å². The monoisotopic (exact) mass is 660 g/mol. The Morgan fingerprint density at radius 1 is 0.438 bits per heavy atom. The fourth-order valence-electron chi connectivity index (χ4n) is 6.36. The van der Waals surface area contributed by atoms with Gasteiger partial charge in [0.15, 0.2) is 11.5 Å². The largest absolute Gasteiger partial charge is 0.490 e. The minimum atomic E-state index is 0.729. The van der Waals surface area contributed by atoms with Crippen LogP contribution in [0.5, 0.6) is 11.5 Å². The van der Waals surface area contributed by atoms with Gasteiger partial charge in [-0.1, -0.05) is 193 Å². The number of pyridine rings is 1. The number of aromatic nitrogens is 1. The van der Waals surface area contributed by atoms with Crippen molar-refractivity contribution in [2.75, 3.05) is 13.2 Å². The van der Waals surface area contributed by atoms with Crippen LogP contribution in [0.25, 0.3) is 0 Å². The molecular weight excluding hydrogens is 587 g/mol. The summed E-state index contributed by atoms with van der Waals surface area (Å²) in [5.41, 5.74) is 1.86. The van der Waals surface area contributed by atoms with Crippen LogP contribution in [0.15, 0.2) is 42.7 Å². The van der Waals surface area contributed by atoms with Gasteiger partial charge in [-0.3, -0.25) is 4.98 Å². The smallest absolute Gasteiger partial charge is 0.162 e. The highest BCUT2D eigenvalue weighted by Crippen LogP contribution is 2.29. The number of benzene rings is 1. The topological polar surface area (TPSA) is 31.4 Å². The minimum Gasteiger partial charge on any atom is -0.490 e. The summed E-state index contributed by atoms with van der Waals surface area (Å²) >= 11 is 0. The van der Waals surface area contributed by atoms with Crippen LogP contribution < -0.4 is 9.47 Å². The van der Waals surface area contributed by atoms with E-state index < -0.39 is 0 Å². The highest BCUT2D eigenvalue weighted by atomic mass is 16.5. The minimum absolute atomic E-state index is 0.729. The van der Waals surface area contributed by atoms with Crippen molar-refractivity contribution in [3.05, 3.63) is 53.9 Å². The van der Waals surface area contributed by atoms with Crippen LogP contribution in [0.1, 0.15) is 205 Å². The molecule has 0 atom stereocenters. The molecule has 0 saturated heterocycles. The van der Waals surface area contributed by atoms with Gasteiger partial charge in [0.05, 0.1) is 13.2 Å². The Bertz CT molecular complexity index is 1040. The van der Waals surface area contributed by atoms with Gasteiger partial charge in [0, 0.05) is 23.5 Å². The molecule has 0 aliphatic heterocycles. The molecule has 1 aromatic carbocycles. The molecule has 0 amide bonds. The number of hydrogen-bond donors (Lipinski definition) is 0. The van der Waals surface area contributed by atoms with E-state index in [1.54, 1.807) is 12.4 Å². The summed E-state index contributed by atoms with van der Waals surface area (Å²) in [4.78, 5) is 4.18. The maximum absolute atomic E-state index is 6.31. The molecular formula is C45H73NO2. The van der Waals surface area contributed by atoms with Gasteiger partial charge in [-0.25, -0.2) is 0 Å². The van der Waals surface area contributed by atoms with Crippen LogP contribution in [0.2, 0.25) is 0 Å². The van der Waals surface area contributed by atoms with Crippen LogP contribution in [-0.2, 0) is 0 Å². The van der Waals surface area contributed by atoms with E-state index in [0.717, 1.165) is 48.7 Å². The molecule has 0 fully saturated rings. The Morgan fingerprint density at radius 2 is 0.833 bits per heavy atom. The fourth-order valence-corrected chi connectivity index (χ4v) is 6.36. The highest BCUT2D eigenvalue weighted by molar-refractivity contribution is 5.50. The predicted molar refractivity (Wildman–Crippen MR) is 208 cm³/mol. The zero-order valence-corrected chi connectivity index (χ0v) is 31.5. The van der Waals surface area contributed by atoms with Crippen LogP contribution >= 0.6 is 0 Å². The lowest BCUT2D eigenvalue weighted by molar-refractivity contribution is 0.258. The van der Waals surface area contributed by atoms with Crippen molar-refractivity contribution in [2.45, 2.75) is 194 Å². The number of ether oxygens (including phenoxy) is 2. The molecule has 2 rings (SSSR count). The third-order valence-corrected chi connectivity index (χ3v) is 9.47. The van der Waals surface area contributed by atoms with E-state index in [2.05, 4.69) is 30.7 Å². The molecule has 1 aromatic heterocycles. The third-order valence-electron chi connectivity index (χ3n) is 9.47. The van der Waals surface area contributed by atoms with Crippen molar-refractivity contribution >= 4 is 0 Å². The molecule has 2 aromatic rings. The Labute approximate surface area is 297 Å².